The first-order valence-corrected chi connectivity index (χ1v) is 5.95. The maximum absolute atomic E-state index is 5.88. The summed E-state index contributed by atoms with van der Waals surface area (Å²) in [5.74, 6) is 0.356. The van der Waals surface area contributed by atoms with Crippen molar-refractivity contribution in [3.05, 3.63) is 34.1 Å². The SMILES string of the molecule is CC(Cl)c1nnc(Nc2ccc(Cl)c(Cl)c2)o1. The van der Waals surface area contributed by atoms with E-state index in [0.717, 1.165) is 0 Å². The Bertz CT molecular complexity index is 527. The topological polar surface area (TPSA) is 51.0 Å². The van der Waals surface area contributed by atoms with Gasteiger partial charge in [-0.1, -0.05) is 28.3 Å². The van der Waals surface area contributed by atoms with E-state index in [-0.39, 0.29) is 11.4 Å². The van der Waals surface area contributed by atoms with Crippen LogP contribution >= 0.6 is 34.8 Å². The molecule has 0 aliphatic carbocycles. The average molecular weight is 293 g/mol. The number of benzene rings is 1. The highest BCUT2D eigenvalue weighted by Crippen LogP contribution is 2.27. The largest absolute Gasteiger partial charge is 0.406 e. The predicted octanol–water partition coefficient (Wildman–Crippen LogP) is 4.42. The van der Waals surface area contributed by atoms with Crippen LogP contribution < -0.4 is 5.32 Å². The van der Waals surface area contributed by atoms with E-state index in [1.807, 2.05) is 0 Å². The number of rotatable bonds is 3. The molecule has 0 amide bonds. The Kier molecular flexibility index (Phi) is 3.76. The van der Waals surface area contributed by atoms with Gasteiger partial charge in [0.15, 0.2) is 0 Å². The molecule has 1 heterocycles. The van der Waals surface area contributed by atoms with Crippen molar-refractivity contribution in [2.24, 2.45) is 0 Å². The maximum atomic E-state index is 5.88. The molecular weight excluding hydrogens is 284 g/mol. The fourth-order valence-electron chi connectivity index (χ4n) is 1.14. The zero-order valence-corrected chi connectivity index (χ0v) is 11.0. The molecule has 1 aromatic carbocycles. The van der Waals surface area contributed by atoms with Crippen LogP contribution in [-0.2, 0) is 0 Å². The number of hydrogen-bond acceptors (Lipinski definition) is 4. The monoisotopic (exact) mass is 291 g/mol. The molecule has 0 aliphatic rings. The van der Waals surface area contributed by atoms with Gasteiger partial charge >= 0.3 is 6.01 Å². The molecule has 2 rings (SSSR count). The standard InChI is InChI=1S/C10H8Cl3N3O/c1-5(11)9-15-16-10(17-9)14-6-2-3-7(12)8(13)4-6/h2-5H,1H3,(H,14,16). The minimum Gasteiger partial charge on any atom is -0.406 e. The normalized spacial score (nSPS) is 12.5. The summed E-state index contributed by atoms with van der Waals surface area (Å²) < 4.78 is 5.28. The second kappa shape index (κ2) is 5.12. The second-order valence-corrected chi connectivity index (χ2v) is 4.78. The van der Waals surface area contributed by atoms with Crippen LogP contribution in [0.2, 0.25) is 10.0 Å². The molecule has 1 unspecified atom stereocenters. The van der Waals surface area contributed by atoms with Crippen LogP contribution in [0.15, 0.2) is 22.6 Å². The summed E-state index contributed by atoms with van der Waals surface area (Å²) in [7, 11) is 0. The lowest BCUT2D eigenvalue weighted by Crippen LogP contribution is -1.90. The zero-order valence-electron chi connectivity index (χ0n) is 8.75. The highest BCUT2D eigenvalue weighted by Gasteiger charge is 2.11. The van der Waals surface area contributed by atoms with Gasteiger partial charge in [-0.05, 0) is 25.1 Å². The summed E-state index contributed by atoms with van der Waals surface area (Å²) in [5.41, 5.74) is 0.705. The van der Waals surface area contributed by atoms with Gasteiger partial charge in [-0.15, -0.1) is 16.7 Å². The number of hydrogen-bond donors (Lipinski definition) is 1. The Labute approximate surface area is 113 Å². The number of anilines is 2. The van der Waals surface area contributed by atoms with Gasteiger partial charge < -0.3 is 9.73 Å². The number of alkyl halides is 1. The van der Waals surface area contributed by atoms with Gasteiger partial charge in [0, 0.05) is 5.69 Å². The molecule has 2 aromatic rings. The Hall–Kier alpha value is -0.970. The van der Waals surface area contributed by atoms with Crippen molar-refractivity contribution in [3.63, 3.8) is 0 Å². The second-order valence-electron chi connectivity index (χ2n) is 3.32. The van der Waals surface area contributed by atoms with Gasteiger partial charge in [0.05, 0.1) is 10.0 Å². The average Bonchev–Trinajstić information content (AvgIpc) is 2.72. The van der Waals surface area contributed by atoms with Crippen LogP contribution in [0.3, 0.4) is 0 Å². The van der Waals surface area contributed by atoms with Gasteiger partial charge in [0.1, 0.15) is 5.38 Å². The van der Waals surface area contributed by atoms with E-state index in [9.17, 15) is 0 Å². The third-order valence-electron chi connectivity index (χ3n) is 1.95. The summed E-state index contributed by atoms with van der Waals surface area (Å²) in [4.78, 5) is 0. The molecule has 0 spiro atoms. The molecule has 0 saturated heterocycles. The fourth-order valence-corrected chi connectivity index (χ4v) is 1.53. The molecule has 0 saturated carbocycles. The van der Waals surface area contributed by atoms with Crippen LogP contribution in [0.4, 0.5) is 11.7 Å². The van der Waals surface area contributed by atoms with Crippen molar-refractivity contribution in [2.75, 3.05) is 5.32 Å². The molecule has 0 fully saturated rings. The number of nitrogens with zero attached hydrogens (tertiary/aromatic N) is 2. The smallest absolute Gasteiger partial charge is 0.320 e. The summed E-state index contributed by atoms with van der Waals surface area (Å²) in [6.45, 7) is 1.75. The first-order chi connectivity index (χ1) is 8.06. The Morgan fingerprint density at radius 2 is 2.00 bits per heavy atom. The van der Waals surface area contributed by atoms with Crippen LogP contribution in [0, 0.1) is 0 Å². The van der Waals surface area contributed by atoms with Crippen molar-refractivity contribution in [1.29, 1.82) is 0 Å². The quantitative estimate of drug-likeness (QED) is 0.851. The molecule has 0 aliphatic heterocycles. The van der Waals surface area contributed by atoms with Gasteiger partial charge in [-0.3, -0.25) is 0 Å². The highest BCUT2D eigenvalue weighted by molar-refractivity contribution is 6.42. The van der Waals surface area contributed by atoms with Gasteiger partial charge in [0.2, 0.25) is 5.89 Å². The van der Waals surface area contributed by atoms with Crippen LogP contribution in [0.5, 0.6) is 0 Å². The molecule has 0 bridgehead atoms. The summed E-state index contributed by atoms with van der Waals surface area (Å²) >= 11 is 17.5. The molecular formula is C10H8Cl3N3O. The number of aromatic nitrogens is 2. The van der Waals surface area contributed by atoms with Crippen LogP contribution in [0.25, 0.3) is 0 Å². The minimum absolute atomic E-state index is 0.255. The van der Waals surface area contributed by atoms with Crippen molar-refractivity contribution in [1.82, 2.24) is 10.2 Å². The molecule has 1 N–H and O–H groups in total. The van der Waals surface area contributed by atoms with Crippen molar-refractivity contribution in [3.8, 4) is 0 Å². The van der Waals surface area contributed by atoms with E-state index in [2.05, 4.69) is 15.5 Å². The number of nitrogens with one attached hydrogen (secondary N) is 1. The summed E-state index contributed by atoms with van der Waals surface area (Å²) in [5, 5.41) is 11.1. The van der Waals surface area contributed by atoms with E-state index in [1.165, 1.54) is 0 Å². The first kappa shape index (κ1) is 12.5. The fraction of sp³-hybridized carbons (Fsp3) is 0.200. The zero-order chi connectivity index (χ0) is 12.4. The summed E-state index contributed by atoms with van der Waals surface area (Å²) in [6, 6.07) is 5.35. The molecule has 7 heteroatoms. The predicted molar refractivity (Wildman–Crippen MR) is 68.3 cm³/mol. The highest BCUT2D eigenvalue weighted by atomic mass is 35.5. The molecule has 4 nitrogen and oxygen atoms in total. The maximum Gasteiger partial charge on any atom is 0.320 e. The Morgan fingerprint density at radius 3 is 2.59 bits per heavy atom. The van der Waals surface area contributed by atoms with Crippen LogP contribution in [-0.4, -0.2) is 10.2 Å². The van der Waals surface area contributed by atoms with Gasteiger partial charge in [0.25, 0.3) is 0 Å². The van der Waals surface area contributed by atoms with Crippen molar-refractivity contribution in [2.45, 2.75) is 12.3 Å². The van der Waals surface area contributed by atoms with Crippen molar-refractivity contribution < 1.29 is 4.42 Å². The number of halogens is 3. The van der Waals surface area contributed by atoms with Gasteiger partial charge in [-0.2, -0.15) is 0 Å². The summed E-state index contributed by atoms with van der Waals surface area (Å²) in [6.07, 6.45) is 0. The Morgan fingerprint density at radius 1 is 1.24 bits per heavy atom. The lowest BCUT2D eigenvalue weighted by molar-refractivity contribution is 0.510. The van der Waals surface area contributed by atoms with Crippen LogP contribution in [0.1, 0.15) is 18.2 Å². The Balaban J connectivity index is 2.16. The van der Waals surface area contributed by atoms with E-state index < -0.39 is 0 Å². The molecule has 17 heavy (non-hydrogen) atoms. The van der Waals surface area contributed by atoms with Gasteiger partial charge in [-0.25, -0.2) is 0 Å². The lowest BCUT2D eigenvalue weighted by atomic mass is 10.3. The third-order valence-corrected chi connectivity index (χ3v) is 2.88. The third kappa shape index (κ3) is 3.03. The first-order valence-electron chi connectivity index (χ1n) is 4.76. The molecule has 90 valence electrons. The van der Waals surface area contributed by atoms with E-state index in [1.54, 1.807) is 25.1 Å². The lowest BCUT2D eigenvalue weighted by Gasteiger charge is -2.02. The molecule has 1 aromatic heterocycles. The van der Waals surface area contributed by atoms with E-state index >= 15 is 0 Å². The molecule has 0 radical (unpaired) electrons. The van der Waals surface area contributed by atoms with Crippen molar-refractivity contribution >= 4 is 46.5 Å². The van der Waals surface area contributed by atoms with E-state index in [0.29, 0.717) is 21.6 Å². The van der Waals surface area contributed by atoms with E-state index in [4.69, 9.17) is 39.2 Å². The molecule has 1 atom stereocenters. The minimum atomic E-state index is -0.327.